The largest absolute Gasteiger partial charge is 0.493 e. The van der Waals surface area contributed by atoms with Gasteiger partial charge >= 0.3 is 0 Å². The van der Waals surface area contributed by atoms with Gasteiger partial charge in [0.25, 0.3) is 5.91 Å². The lowest BCUT2D eigenvalue weighted by atomic mass is 10.1. The first kappa shape index (κ1) is 22.7. The van der Waals surface area contributed by atoms with Crippen molar-refractivity contribution in [1.29, 1.82) is 0 Å². The van der Waals surface area contributed by atoms with E-state index in [1.807, 2.05) is 36.9 Å². The number of ether oxygens (including phenoxy) is 1. The molecule has 0 saturated heterocycles. The number of aryl methyl sites for hydroxylation is 1. The molecule has 1 aromatic carbocycles. The van der Waals surface area contributed by atoms with Gasteiger partial charge in [0.15, 0.2) is 15.7 Å². The van der Waals surface area contributed by atoms with E-state index in [1.54, 1.807) is 42.5 Å². The van der Waals surface area contributed by atoms with Gasteiger partial charge in [0.1, 0.15) is 11.6 Å². The number of pyridine rings is 2. The zero-order valence-corrected chi connectivity index (χ0v) is 19.9. The standard InChI is InChI=1S/C24H26N4O4S/c1-5-28-22-19(24(29)27(3)20-7-6-11-25-23(20)28)14-17(15-26-22)10-12-32-21-9-8-18(13-16(21)2)33(4,30)31/h6-9,11,13-15H,5,10,12H2,1-4H3. The Labute approximate surface area is 193 Å². The highest BCUT2D eigenvalue weighted by atomic mass is 32.2. The van der Waals surface area contributed by atoms with Crippen LogP contribution in [0, 0.1) is 6.92 Å². The summed E-state index contributed by atoms with van der Waals surface area (Å²) in [5.41, 5.74) is 2.87. The van der Waals surface area contributed by atoms with Gasteiger partial charge < -0.3 is 14.5 Å². The highest BCUT2D eigenvalue weighted by molar-refractivity contribution is 7.90. The Bertz CT molecular complexity index is 1320. The zero-order chi connectivity index (χ0) is 23.8. The van der Waals surface area contributed by atoms with Crippen molar-refractivity contribution in [2.45, 2.75) is 25.2 Å². The van der Waals surface area contributed by atoms with Gasteiger partial charge in [-0.3, -0.25) is 4.79 Å². The molecule has 3 heterocycles. The maximum atomic E-state index is 13.2. The summed E-state index contributed by atoms with van der Waals surface area (Å²) in [6.45, 7) is 4.80. The molecule has 3 aromatic rings. The summed E-state index contributed by atoms with van der Waals surface area (Å²) in [5.74, 6) is 1.77. The second-order valence-corrected chi connectivity index (χ2v) is 9.98. The Balaban J connectivity index is 1.55. The Hall–Kier alpha value is -3.46. The van der Waals surface area contributed by atoms with Crippen LogP contribution in [0.3, 0.4) is 0 Å². The van der Waals surface area contributed by atoms with Crippen molar-refractivity contribution in [2.24, 2.45) is 0 Å². The molecule has 0 bridgehead atoms. The minimum absolute atomic E-state index is 0.141. The summed E-state index contributed by atoms with van der Waals surface area (Å²) < 4.78 is 29.3. The lowest BCUT2D eigenvalue weighted by molar-refractivity contribution is 0.0994. The number of nitrogens with zero attached hydrogens (tertiary/aromatic N) is 4. The number of rotatable bonds is 6. The molecule has 33 heavy (non-hydrogen) atoms. The topological polar surface area (TPSA) is 92.7 Å². The molecule has 0 atom stereocenters. The van der Waals surface area contributed by atoms with Crippen LogP contribution in [0.4, 0.5) is 17.3 Å². The van der Waals surface area contributed by atoms with E-state index < -0.39 is 9.84 Å². The van der Waals surface area contributed by atoms with Crippen LogP contribution in [0.25, 0.3) is 0 Å². The van der Waals surface area contributed by atoms with Crippen LogP contribution in [0.2, 0.25) is 0 Å². The first-order valence-corrected chi connectivity index (χ1v) is 12.5. The summed E-state index contributed by atoms with van der Waals surface area (Å²) in [5, 5.41) is 0. The van der Waals surface area contributed by atoms with Crippen molar-refractivity contribution in [2.75, 3.05) is 36.3 Å². The van der Waals surface area contributed by atoms with Gasteiger partial charge in [0.05, 0.1) is 22.8 Å². The molecule has 2 aromatic heterocycles. The van der Waals surface area contributed by atoms with Crippen LogP contribution in [0.5, 0.6) is 5.75 Å². The number of hydrogen-bond donors (Lipinski definition) is 0. The highest BCUT2D eigenvalue weighted by Gasteiger charge is 2.30. The van der Waals surface area contributed by atoms with Crippen molar-refractivity contribution in [3.05, 3.63) is 65.5 Å². The third kappa shape index (κ3) is 4.41. The second-order valence-electron chi connectivity index (χ2n) is 7.97. The fourth-order valence-corrected chi connectivity index (χ4v) is 4.56. The molecule has 172 valence electrons. The Morgan fingerprint density at radius 3 is 2.58 bits per heavy atom. The molecule has 9 heteroatoms. The Morgan fingerprint density at radius 2 is 1.88 bits per heavy atom. The van der Waals surface area contributed by atoms with Crippen LogP contribution in [-0.4, -0.2) is 50.7 Å². The molecular formula is C24H26N4O4S. The summed E-state index contributed by atoms with van der Waals surface area (Å²) in [7, 11) is -1.52. The van der Waals surface area contributed by atoms with E-state index in [9.17, 15) is 13.2 Å². The van der Waals surface area contributed by atoms with E-state index in [-0.39, 0.29) is 10.8 Å². The van der Waals surface area contributed by atoms with E-state index in [0.29, 0.717) is 42.5 Å². The van der Waals surface area contributed by atoms with Crippen molar-refractivity contribution < 1.29 is 17.9 Å². The predicted molar refractivity (Wildman–Crippen MR) is 127 cm³/mol. The van der Waals surface area contributed by atoms with Gasteiger partial charge in [-0.2, -0.15) is 0 Å². The van der Waals surface area contributed by atoms with E-state index in [4.69, 9.17) is 4.74 Å². The first-order chi connectivity index (χ1) is 15.7. The predicted octanol–water partition coefficient (Wildman–Crippen LogP) is 3.56. The van der Waals surface area contributed by atoms with E-state index in [2.05, 4.69) is 9.97 Å². The average molecular weight is 467 g/mol. The molecule has 0 radical (unpaired) electrons. The minimum atomic E-state index is -3.26. The van der Waals surface area contributed by atoms with Gasteiger partial charge in [-0.25, -0.2) is 18.4 Å². The quantitative estimate of drug-likeness (QED) is 0.548. The summed E-state index contributed by atoms with van der Waals surface area (Å²) >= 11 is 0. The molecule has 1 amide bonds. The first-order valence-electron chi connectivity index (χ1n) is 10.6. The van der Waals surface area contributed by atoms with Gasteiger partial charge in [0, 0.05) is 38.7 Å². The number of hydrogen-bond acceptors (Lipinski definition) is 7. The lowest BCUT2D eigenvalue weighted by Crippen LogP contribution is -2.25. The molecule has 8 nitrogen and oxygen atoms in total. The van der Waals surface area contributed by atoms with Gasteiger partial charge in [-0.1, -0.05) is 0 Å². The van der Waals surface area contributed by atoms with Crippen molar-refractivity contribution >= 4 is 33.1 Å². The van der Waals surface area contributed by atoms with Gasteiger partial charge in [-0.15, -0.1) is 0 Å². The van der Waals surface area contributed by atoms with Crippen LogP contribution < -0.4 is 14.5 Å². The third-order valence-corrected chi connectivity index (χ3v) is 6.75. The number of fused-ring (bicyclic) bond motifs is 2. The van der Waals surface area contributed by atoms with Gasteiger partial charge in [-0.05, 0) is 61.4 Å². The number of sulfone groups is 1. The van der Waals surface area contributed by atoms with Crippen molar-refractivity contribution in [3.63, 3.8) is 0 Å². The van der Waals surface area contributed by atoms with Crippen molar-refractivity contribution in [3.8, 4) is 5.75 Å². The number of carbonyl (C=O) groups is 1. The summed E-state index contributed by atoms with van der Waals surface area (Å²) in [6.07, 6.45) is 5.19. The number of benzene rings is 1. The maximum Gasteiger partial charge on any atom is 0.261 e. The highest BCUT2D eigenvalue weighted by Crippen LogP contribution is 2.37. The van der Waals surface area contributed by atoms with Crippen LogP contribution in [0.15, 0.2) is 53.7 Å². The molecule has 0 saturated carbocycles. The Morgan fingerprint density at radius 1 is 1.09 bits per heavy atom. The average Bonchev–Trinajstić information content (AvgIpc) is 2.88. The molecule has 0 aliphatic carbocycles. The molecule has 0 fully saturated rings. The maximum absolute atomic E-state index is 13.2. The molecule has 0 spiro atoms. The molecule has 0 unspecified atom stereocenters. The molecule has 4 rings (SSSR count). The number of anilines is 3. The molecule has 1 aliphatic rings. The fraction of sp³-hybridized carbons (Fsp3) is 0.292. The van der Waals surface area contributed by atoms with Gasteiger partial charge in [0.2, 0.25) is 0 Å². The number of aromatic nitrogens is 2. The van der Waals surface area contributed by atoms with E-state index in [0.717, 1.165) is 16.8 Å². The zero-order valence-electron chi connectivity index (χ0n) is 19.1. The van der Waals surface area contributed by atoms with Crippen LogP contribution in [0.1, 0.15) is 28.4 Å². The number of carbonyl (C=O) groups excluding carboxylic acids is 1. The summed E-state index contributed by atoms with van der Waals surface area (Å²) in [4.78, 5) is 26.1. The van der Waals surface area contributed by atoms with E-state index in [1.165, 1.54) is 6.26 Å². The van der Waals surface area contributed by atoms with Crippen LogP contribution >= 0.6 is 0 Å². The monoisotopic (exact) mass is 466 g/mol. The lowest BCUT2D eigenvalue weighted by Gasteiger charge is -2.22. The third-order valence-electron chi connectivity index (χ3n) is 5.64. The molecule has 1 aliphatic heterocycles. The number of amides is 1. The smallest absolute Gasteiger partial charge is 0.261 e. The normalized spacial score (nSPS) is 13.4. The SMILES string of the molecule is CCN1c2ncc(CCOc3ccc(S(C)(=O)=O)cc3C)cc2C(=O)N(C)c2cccnc21. The summed E-state index contributed by atoms with van der Waals surface area (Å²) in [6, 6.07) is 10.4. The minimum Gasteiger partial charge on any atom is -0.493 e. The van der Waals surface area contributed by atoms with Crippen molar-refractivity contribution in [1.82, 2.24) is 9.97 Å². The molecular weight excluding hydrogens is 440 g/mol. The Kier molecular flexibility index (Phi) is 6.07. The van der Waals surface area contributed by atoms with E-state index >= 15 is 0 Å². The van der Waals surface area contributed by atoms with Crippen LogP contribution in [-0.2, 0) is 16.3 Å². The molecule has 0 N–H and O–H groups in total. The second kappa shape index (κ2) is 8.82. The fourth-order valence-electron chi connectivity index (χ4n) is 3.85.